The van der Waals surface area contributed by atoms with Crippen LogP contribution in [0.3, 0.4) is 0 Å². The number of nitrogens with one attached hydrogen (secondary N) is 1. The van der Waals surface area contributed by atoms with Gasteiger partial charge in [-0.05, 0) is 13.0 Å². The van der Waals surface area contributed by atoms with Crippen LogP contribution in [0.5, 0.6) is 0 Å². The second kappa shape index (κ2) is 4.90. The molecule has 0 amide bonds. The van der Waals surface area contributed by atoms with Gasteiger partial charge in [0.2, 0.25) is 0 Å². The molecule has 0 radical (unpaired) electrons. The lowest BCUT2D eigenvalue weighted by Gasteiger charge is -2.10. The first-order chi connectivity index (χ1) is 10.1. The quantitative estimate of drug-likeness (QED) is 0.767. The van der Waals surface area contributed by atoms with Crippen molar-refractivity contribution in [2.45, 2.75) is 13.5 Å². The van der Waals surface area contributed by atoms with Crippen molar-refractivity contribution in [1.29, 1.82) is 0 Å². The van der Waals surface area contributed by atoms with Crippen LogP contribution in [0.1, 0.15) is 5.69 Å². The number of hydrogen-bond donors (Lipinski definition) is 2. The molecule has 0 aliphatic heterocycles. The molecule has 0 saturated heterocycles. The van der Waals surface area contributed by atoms with E-state index in [-0.39, 0.29) is 5.56 Å². The van der Waals surface area contributed by atoms with Gasteiger partial charge in [0.25, 0.3) is 5.56 Å². The Morgan fingerprint density at radius 3 is 2.71 bits per heavy atom. The molecule has 3 aromatic rings. The third-order valence-electron chi connectivity index (χ3n) is 3.21. The Hall–Kier alpha value is -2.89. The number of carbonyl (C=O) groups is 1. The number of aliphatic carboxylic acids is 1. The molecule has 2 N–H and O–H groups in total. The summed E-state index contributed by atoms with van der Waals surface area (Å²) in [5, 5.41) is 9.44. The lowest BCUT2D eigenvalue weighted by Crippen LogP contribution is -2.26. The Morgan fingerprint density at radius 1 is 1.33 bits per heavy atom. The van der Waals surface area contributed by atoms with Gasteiger partial charge in [-0.25, -0.2) is 4.98 Å². The van der Waals surface area contributed by atoms with Gasteiger partial charge in [0.15, 0.2) is 0 Å². The lowest BCUT2D eigenvalue weighted by molar-refractivity contribution is -0.137. The highest BCUT2D eigenvalue weighted by atomic mass is 16.4. The minimum absolute atomic E-state index is 0.345. The molecular weight excluding hydrogens is 270 g/mol. The van der Waals surface area contributed by atoms with Crippen LogP contribution >= 0.6 is 0 Å². The van der Waals surface area contributed by atoms with Crippen molar-refractivity contribution >= 4 is 17.0 Å². The molecule has 0 unspecified atom stereocenters. The van der Waals surface area contributed by atoms with Gasteiger partial charge in [0.05, 0.1) is 5.39 Å². The van der Waals surface area contributed by atoms with E-state index >= 15 is 0 Å². The highest BCUT2D eigenvalue weighted by Crippen LogP contribution is 2.18. The number of nitrogens with zero attached hydrogens (tertiary/aromatic N) is 2. The molecule has 21 heavy (non-hydrogen) atoms. The molecule has 0 bridgehead atoms. The Labute approximate surface area is 119 Å². The average molecular weight is 283 g/mol. The monoisotopic (exact) mass is 283 g/mol. The molecule has 2 aromatic heterocycles. The Kier molecular flexibility index (Phi) is 3.06. The van der Waals surface area contributed by atoms with E-state index in [4.69, 9.17) is 5.11 Å². The summed E-state index contributed by atoms with van der Waals surface area (Å²) in [4.78, 5) is 31.0. The van der Waals surface area contributed by atoms with E-state index in [1.807, 2.05) is 25.1 Å². The van der Waals surface area contributed by atoms with Crippen molar-refractivity contribution in [2.75, 3.05) is 0 Å². The molecule has 0 spiro atoms. The average Bonchev–Trinajstić information content (AvgIpc) is 2.83. The zero-order valence-electron chi connectivity index (χ0n) is 11.3. The van der Waals surface area contributed by atoms with Crippen LogP contribution in [0.15, 0.2) is 41.2 Å². The predicted molar refractivity (Wildman–Crippen MR) is 78.2 cm³/mol. The second-order valence-electron chi connectivity index (χ2n) is 4.80. The standard InChI is InChI=1S/C15H13N3O3/c1-9-7-11-13(16-9)17-14(10-5-3-2-4-6-10)18(15(11)21)8-12(19)20/h2-7,16H,8H2,1H3,(H,19,20). The van der Waals surface area contributed by atoms with Gasteiger partial charge < -0.3 is 10.1 Å². The minimum atomic E-state index is -1.08. The number of benzene rings is 1. The molecule has 6 heteroatoms. The van der Waals surface area contributed by atoms with E-state index in [1.54, 1.807) is 18.2 Å². The maximum absolute atomic E-state index is 12.5. The van der Waals surface area contributed by atoms with Crippen molar-refractivity contribution < 1.29 is 9.90 Å². The predicted octanol–water partition coefficient (Wildman–Crippen LogP) is 1.78. The van der Waals surface area contributed by atoms with E-state index in [0.717, 1.165) is 5.69 Å². The van der Waals surface area contributed by atoms with E-state index in [0.29, 0.717) is 22.4 Å². The number of fused-ring (bicyclic) bond motifs is 1. The Bertz CT molecular complexity index is 878. The second-order valence-corrected chi connectivity index (χ2v) is 4.80. The number of aromatic nitrogens is 3. The number of hydrogen-bond acceptors (Lipinski definition) is 3. The smallest absolute Gasteiger partial charge is 0.323 e. The Morgan fingerprint density at radius 2 is 2.05 bits per heavy atom. The molecule has 0 aliphatic carbocycles. The number of aromatic amines is 1. The highest BCUT2D eigenvalue weighted by Gasteiger charge is 2.16. The van der Waals surface area contributed by atoms with Gasteiger partial charge in [-0.1, -0.05) is 30.3 Å². The van der Waals surface area contributed by atoms with Crippen LogP contribution in [-0.2, 0) is 11.3 Å². The molecule has 0 atom stereocenters. The number of carboxylic acids is 1. The van der Waals surface area contributed by atoms with Gasteiger partial charge in [-0.2, -0.15) is 0 Å². The van der Waals surface area contributed by atoms with Gasteiger partial charge >= 0.3 is 5.97 Å². The SMILES string of the molecule is Cc1cc2c(=O)n(CC(=O)O)c(-c3ccccc3)nc2[nH]1. The van der Waals surface area contributed by atoms with Crippen LogP contribution in [0, 0.1) is 6.92 Å². The van der Waals surface area contributed by atoms with Crippen molar-refractivity contribution in [3.05, 3.63) is 52.4 Å². The fourth-order valence-electron chi connectivity index (χ4n) is 2.32. The summed E-state index contributed by atoms with van der Waals surface area (Å²) in [5.41, 5.74) is 1.62. The van der Waals surface area contributed by atoms with Crippen molar-refractivity contribution in [1.82, 2.24) is 14.5 Å². The Balaban J connectivity index is 2.35. The molecule has 1 aromatic carbocycles. The fraction of sp³-hybridized carbons (Fsp3) is 0.133. The van der Waals surface area contributed by atoms with Gasteiger partial charge in [-0.15, -0.1) is 0 Å². The molecular formula is C15H13N3O3. The van der Waals surface area contributed by atoms with Crippen LogP contribution in [0.2, 0.25) is 0 Å². The van der Waals surface area contributed by atoms with E-state index in [1.165, 1.54) is 4.57 Å². The van der Waals surface area contributed by atoms with Crippen molar-refractivity contribution in [3.63, 3.8) is 0 Å². The number of carboxylic acid groups (broad SMARTS) is 1. The van der Waals surface area contributed by atoms with Gasteiger partial charge in [0, 0.05) is 11.3 Å². The first-order valence-corrected chi connectivity index (χ1v) is 6.43. The number of rotatable bonds is 3. The summed E-state index contributed by atoms with van der Waals surface area (Å²) in [7, 11) is 0. The normalized spacial score (nSPS) is 10.9. The molecule has 0 fully saturated rings. The lowest BCUT2D eigenvalue weighted by atomic mass is 10.2. The van der Waals surface area contributed by atoms with Crippen molar-refractivity contribution in [2.24, 2.45) is 0 Å². The summed E-state index contributed by atoms with van der Waals surface area (Å²) in [6.45, 7) is 1.40. The van der Waals surface area contributed by atoms with Gasteiger partial charge in [0.1, 0.15) is 18.0 Å². The van der Waals surface area contributed by atoms with Crippen LogP contribution in [0.25, 0.3) is 22.4 Å². The summed E-state index contributed by atoms with van der Waals surface area (Å²) < 4.78 is 1.19. The first-order valence-electron chi connectivity index (χ1n) is 6.43. The molecule has 0 aliphatic rings. The minimum Gasteiger partial charge on any atom is -0.480 e. The topological polar surface area (TPSA) is 88.0 Å². The number of H-pyrrole nitrogens is 1. The van der Waals surface area contributed by atoms with Gasteiger partial charge in [-0.3, -0.25) is 14.2 Å². The van der Waals surface area contributed by atoms with E-state index in [9.17, 15) is 9.59 Å². The maximum Gasteiger partial charge on any atom is 0.323 e. The van der Waals surface area contributed by atoms with Crippen LogP contribution in [0.4, 0.5) is 0 Å². The molecule has 2 heterocycles. The van der Waals surface area contributed by atoms with Crippen LogP contribution < -0.4 is 5.56 Å². The highest BCUT2D eigenvalue weighted by molar-refractivity contribution is 5.79. The third kappa shape index (κ3) is 2.31. The summed E-state index contributed by atoms with van der Waals surface area (Å²) in [6, 6.07) is 10.7. The molecule has 6 nitrogen and oxygen atoms in total. The fourth-order valence-corrected chi connectivity index (χ4v) is 2.32. The van der Waals surface area contributed by atoms with E-state index < -0.39 is 12.5 Å². The van der Waals surface area contributed by atoms with Crippen LogP contribution in [-0.4, -0.2) is 25.6 Å². The summed E-state index contributed by atoms with van der Waals surface area (Å²) >= 11 is 0. The zero-order valence-corrected chi connectivity index (χ0v) is 11.3. The number of aryl methyl sites for hydroxylation is 1. The van der Waals surface area contributed by atoms with Crippen molar-refractivity contribution in [3.8, 4) is 11.4 Å². The zero-order chi connectivity index (χ0) is 15.0. The summed E-state index contributed by atoms with van der Waals surface area (Å²) in [6.07, 6.45) is 0. The largest absolute Gasteiger partial charge is 0.480 e. The first kappa shape index (κ1) is 13.1. The molecule has 106 valence electrons. The molecule has 3 rings (SSSR count). The molecule has 0 saturated carbocycles. The summed E-state index contributed by atoms with van der Waals surface area (Å²) in [5.74, 6) is -0.736. The maximum atomic E-state index is 12.5. The third-order valence-corrected chi connectivity index (χ3v) is 3.21. The van der Waals surface area contributed by atoms with E-state index in [2.05, 4.69) is 9.97 Å².